The molecule has 1 aromatic carbocycles. The van der Waals surface area contributed by atoms with Crippen molar-refractivity contribution in [3.8, 4) is 17.3 Å². The maximum atomic E-state index is 14.2. The van der Waals surface area contributed by atoms with Crippen LogP contribution < -0.4 is 10.1 Å². The predicted molar refractivity (Wildman–Crippen MR) is 125 cm³/mol. The van der Waals surface area contributed by atoms with E-state index in [1.165, 1.54) is 30.7 Å². The maximum absolute atomic E-state index is 14.2. The second-order valence-corrected chi connectivity index (χ2v) is 7.71. The number of ether oxygens (including phenoxy) is 1. The average molecular weight is 481 g/mol. The molecule has 0 radical (unpaired) electrons. The number of halogens is 1. The first-order chi connectivity index (χ1) is 17.0. The van der Waals surface area contributed by atoms with Crippen LogP contribution in [0.3, 0.4) is 0 Å². The monoisotopic (exact) mass is 481 g/mol. The Hall–Kier alpha value is -4.16. The molecule has 0 spiro atoms. The highest BCUT2D eigenvalue weighted by atomic mass is 19.1. The zero-order valence-electron chi connectivity index (χ0n) is 18.8. The lowest BCUT2D eigenvalue weighted by molar-refractivity contribution is -0.116. The molecule has 11 nitrogen and oxygen atoms in total. The van der Waals surface area contributed by atoms with E-state index in [9.17, 15) is 19.4 Å². The fourth-order valence-electron chi connectivity index (χ4n) is 3.50. The van der Waals surface area contributed by atoms with Crippen molar-refractivity contribution in [1.29, 1.82) is 0 Å². The summed E-state index contributed by atoms with van der Waals surface area (Å²) in [6.07, 6.45) is 3.84. The summed E-state index contributed by atoms with van der Waals surface area (Å²) in [5.74, 6) is 0.0825. The van der Waals surface area contributed by atoms with E-state index in [-0.39, 0.29) is 29.1 Å². The zero-order valence-corrected chi connectivity index (χ0v) is 18.8. The van der Waals surface area contributed by atoms with Crippen molar-refractivity contribution in [2.24, 2.45) is 0 Å². The number of para-hydroxylation sites is 1. The molecule has 1 saturated heterocycles. The number of aldehydes is 1. The number of fused-ring (bicyclic) bond motifs is 1. The molecule has 1 aliphatic rings. The van der Waals surface area contributed by atoms with Crippen LogP contribution >= 0.6 is 0 Å². The molecule has 1 fully saturated rings. The molecule has 3 N–H and O–H groups in total. The Morgan fingerprint density at radius 1 is 1.23 bits per heavy atom. The smallest absolute Gasteiger partial charge is 0.228 e. The molecule has 4 aromatic rings. The van der Waals surface area contributed by atoms with Crippen LogP contribution in [0.2, 0.25) is 0 Å². The molecule has 0 saturated carbocycles. The number of benzene rings is 1. The molecule has 0 unspecified atom stereocenters. The van der Waals surface area contributed by atoms with E-state index in [1.807, 2.05) is 30.1 Å². The van der Waals surface area contributed by atoms with E-state index in [1.54, 1.807) is 6.20 Å². The Bertz CT molecular complexity index is 1260. The number of pyridine rings is 1. The van der Waals surface area contributed by atoms with Gasteiger partial charge >= 0.3 is 0 Å². The van der Waals surface area contributed by atoms with Gasteiger partial charge in [0.05, 0.1) is 12.3 Å². The SMILES string of the molecule is CNc1ccccn1.O=C[C@H](CN1CC(O)C1)Oc1ncnc2c1cnn2-c1c(O)cccc1F. The number of carbonyl (C=O) groups excluding carboxylic acids is 1. The average Bonchev–Trinajstić information content (AvgIpc) is 3.28. The summed E-state index contributed by atoms with van der Waals surface area (Å²) >= 11 is 0. The molecule has 12 heteroatoms. The van der Waals surface area contributed by atoms with Crippen molar-refractivity contribution in [3.05, 3.63) is 60.9 Å². The topological polar surface area (TPSA) is 139 Å². The molecule has 35 heavy (non-hydrogen) atoms. The Balaban J connectivity index is 0.000000308. The molecule has 0 aliphatic carbocycles. The fraction of sp³-hybridized carbons (Fsp3) is 0.261. The second-order valence-electron chi connectivity index (χ2n) is 7.71. The van der Waals surface area contributed by atoms with Gasteiger partial charge in [0, 0.05) is 32.9 Å². The number of carbonyl (C=O) groups is 1. The molecular weight excluding hydrogens is 457 g/mol. The van der Waals surface area contributed by atoms with E-state index in [0.717, 1.165) is 10.5 Å². The first-order valence-electron chi connectivity index (χ1n) is 10.8. The number of hydrogen-bond acceptors (Lipinski definition) is 10. The molecule has 0 bridgehead atoms. The van der Waals surface area contributed by atoms with Crippen LogP contribution in [0, 0.1) is 5.82 Å². The van der Waals surface area contributed by atoms with Gasteiger partial charge in [-0.2, -0.15) is 5.10 Å². The largest absolute Gasteiger partial charge is 0.506 e. The molecular formula is C23H24FN7O4. The van der Waals surface area contributed by atoms with Gasteiger partial charge in [-0.3, -0.25) is 9.69 Å². The first-order valence-corrected chi connectivity index (χ1v) is 10.8. The summed E-state index contributed by atoms with van der Waals surface area (Å²) in [4.78, 5) is 25.4. The van der Waals surface area contributed by atoms with Gasteiger partial charge < -0.3 is 20.3 Å². The number of aliphatic hydroxyl groups is 1. The summed E-state index contributed by atoms with van der Waals surface area (Å²) in [5, 5.41) is 26.7. The van der Waals surface area contributed by atoms with Crippen molar-refractivity contribution >= 4 is 23.1 Å². The van der Waals surface area contributed by atoms with Crippen LogP contribution in [0.5, 0.6) is 11.6 Å². The third-order valence-corrected chi connectivity index (χ3v) is 5.22. The molecule has 1 aliphatic heterocycles. The standard InChI is InChI=1S/C17H16FN5O4.C6H8N2/c18-13-2-1-3-14(26)15(13)23-16-12(4-21-23)17(20-9-19-16)27-11(8-24)7-22-5-10(25)6-22;1-7-6-4-2-3-5-8-6/h1-4,8-11,25-26H,5-7H2;2-5H,1H3,(H,7,8)/t11-;/m0./s1. The van der Waals surface area contributed by atoms with Gasteiger partial charge in [-0.15, -0.1) is 0 Å². The number of aromatic hydroxyl groups is 1. The molecule has 0 amide bonds. The van der Waals surface area contributed by atoms with Gasteiger partial charge in [-0.25, -0.2) is 24.0 Å². The number of likely N-dealkylation sites (tertiary alicyclic amines) is 1. The van der Waals surface area contributed by atoms with Crippen LogP contribution in [-0.2, 0) is 4.79 Å². The second kappa shape index (κ2) is 10.8. The molecule has 1 atom stereocenters. The van der Waals surface area contributed by atoms with E-state index in [2.05, 4.69) is 25.4 Å². The number of nitrogens with zero attached hydrogens (tertiary/aromatic N) is 6. The van der Waals surface area contributed by atoms with Gasteiger partial charge in [0.15, 0.2) is 23.9 Å². The van der Waals surface area contributed by atoms with Crippen molar-refractivity contribution in [2.45, 2.75) is 12.2 Å². The third-order valence-electron chi connectivity index (χ3n) is 5.22. The highest BCUT2D eigenvalue weighted by Crippen LogP contribution is 2.29. The Kier molecular flexibility index (Phi) is 7.43. The number of rotatable bonds is 7. The highest BCUT2D eigenvalue weighted by Gasteiger charge is 2.28. The minimum atomic E-state index is -0.791. The Morgan fingerprint density at radius 2 is 2.06 bits per heavy atom. The number of aliphatic hydroxyl groups excluding tert-OH is 1. The fourth-order valence-corrected chi connectivity index (χ4v) is 3.50. The number of phenols is 1. The number of nitrogens with one attached hydrogen (secondary N) is 1. The minimum absolute atomic E-state index is 0.125. The normalized spacial score (nSPS) is 14.5. The van der Waals surface area contributed by atoms with Gasteiger partial charge in [-0.1, -0.05) is 12.1 Å². The van der Waals surface area contributed by atoms with Crippen molar-refractivity contribution in [3.63, 3.8) is 0 Å². The van der Waals surface area contributed by atoms with E-state index in [0.29, 0.717) is 31.3 Å². The van der Waals surface area contributed by atoms with Gasteiger partial charge in [0.1, 0.15) is 29.0 Å². The van der Waals surface area contributed by atoms with Crippen molar-refractivity contribution in [1.82, 2.24) is 29.6 Å². The summed E-state index contributed by atoms with van der Waals surface area (Å²) < 4.78 is 21.0. The molecule has 4 heterocycles. The molecule has 182 valence electrons. The van der Waals surface area contributed by atoms with Crippen LogP contribution in [0.15, 0.2) is 55.1 Å². The minimum Gasteiger partial charge on any atom is -0.506 e. The number of anilines is 1. The number of hydrogen-bond donors (Lipinski definition) is 3. The highest BCUT2D eigenvalue weighted by molar-refractivity contribution is 5.82. The lowest BCUT2D eigenvalue weighted by atomic mass is 10.1. The summed E-state index contributed by atoms with van der Waals surface area (Å²) in [5.41, 5.74) is 0.0862. The maximum Gasteiger partial charge on any atom is 0.228 e. The molecule has 3 aromatic heterocycles. The van der Waals surface area contributed by atoms with Crippen LogP contribution in [0.4, 0.5) is 10.2 Å². The van der Waals surface area contributed by atoms with E-state index >= 15 is 0 Å². The lowest BCUT2D eigenvalue weighted by Gasteiger charge is -2.36. The van der Waals surface area contributed by atoms with E-state index in [4.69, 9.17) is 4.74 Å². The summed E-state index contributed by atoms with van der Waals surface area (Å²) in [7, 11) is 1.85. The van der Waals surface area contributed by atoms with Gasteiger partial charge in [-0.05, 0) is 24.3 Å². The molecule has 5 rings (SSSR count). The van der Waals surface area contributed by atoms with Crippen LogP contribution in [0.1, 0.15) is 0 Å². The number of phenolic OH excluding ortho intramolecular Hbond substituents is 1. The number of β-amino-alcohol motifs (C(OH)–C–C–N with tert-alkyl or cyclic N) is 1. The Labute approximate surface area is 199 Å². The summed E-state index contributed by atoms with van der Waals surface area (Å²) in [6, 6.07) is 9.67. The quantitative estimate of drug-likeness (QED) is 0.332. The van der Waals surface area contributed by atoms with E-state index < -0.39 is 11.9 Å². The predicted octanol–water partition coefficient (Wildman–Crippen LogP) is 1.41. The number of aromatic nitrogens is 5. The van der Waals surface area contributed by atoms with Gasteiger partial charge in [0.2, 0.25) is 5.88 Å². The van der Waals surface area contributed by atoms with Crippen molar-refractivity contribution in [2.75, 3.05) is 32.0 Å². The Morgan fingerprint density at radius 3 is 2.69 bits per heavy atom. The van der Waals surface area contributed by atoms with Crippen molar-refractivity contribution < 1.29 is 24.1 Å². The van der Waals surface area contributed by atoms with Crippen LogP contribution in [0.25, 0.3) is 16.7 Å². The third kappa shape index (κ3) is 5.50. The van der Waals surface area contributed by atoms with Crippen LogP contribution in [-0.4, -0.2) is 85.0 Å². The summed E-state index contributed by atoms with van der Waals surface area (Å²) in [6.45, 7) is 1.28. The van der Waals surface area contributed by atoms with Gasteiger partial charge in [0.25, 0.3) is 0 Å². The lowest BCUT2D eigenvalue weighted by Crippen LogP contribution is -2.54. The zero-order chi connectivity index (χ0) is 24.8. The first kappa shape index (κ1) is 24.0.